The van der Waals surface area contributed by atoms with Crippen LogP contribution in [0.3, 0.4) is 0 Å². The van der Waals surface area contributed by atoms with Gasteiger partial charge in [-0.2, -0.15) is 10.2 Å². The summed E-state index contributed by atoms with van der Waals surface area (Å²) < 4.78 is 3.73. The lowest BCUT2D eigenvalue weighted by Crippen LogP contribution is -2.26. The summed E-state index contributed by atoms with van der Waals surface area (Å²) in [5.74, 6) is 0.532. The maximum atomic E-state index is 12.6. The maximum Gasteiger partial charge on any atom is 0.226 e. The number of nitrogens with zero attached hydrogens (tertiary/aromatic N) is 4. The number of aromatic nitrogens is 4. The molecule has 2 aliphatic heterocycles. The Morgan fingerprint density at radius 2 is 1.89 bits per heavy atom. The van der Waals surface area contributed by atoms with Gasteiger partial charge in [-0.05, 0) is 74.2 Å². The van der Waals surface area contributed by atoms with E-state index in [2.05, 4.69) is 58.3 Å². The number of benzene rings is 2. The number of hydrogen-bond acceptors (Lipinski definition) is 5. The van der Waals surface area contributed by atoms with Crippen LogP contribution in [0.2, 0.25) is 0 Å². The van der Waals surface area contributed by atoms with Crippen molar-refractivity contribution in [2.75, 3.05) is 23.7 Å². The van der Waals surface area contributed by atoms with Gasteiger partial charge < -0.3 is 16.0 Å². The van der Waals surface area contributed by atoms with Crippen molar-refractivity contribution < 1.29 is 4.79 Å². The number of rotatable bonds is 3. The molecule has 35 heavy (non-hydrogen) atoms. The van der Waals surface area contributed by atoms with Crippen LogP contribution in [0.25, 0.3) is 33.3 Å². The van der Waals surface area contributed by atoms with Gasteiger partial charge in [0.05, 0.1) is 23.1 Å². The van der Waals surface area contributed by atoms with Crippen LogP contribution in [0.1, 0.15) is 37.7 Å². The predicted octanol–water partition coefficient (Wildman–Crippen LogP) is 4.25. The third kappa shape index (κ3) is 3.97. The molecule has 0 saturated carbocycles. The van der Waals surface area contributed by atoms with Gasteiger partial charge in [0.25, 0.3) is 0 Å². The number of fused-ring (bicyclic) bond motifs is 2. The third-order valence-electron chi connectivity index (χ3n) is 7.27. The van der Waals surface area contributed by atoms with Crippen molar-refractivity contribution in [3.8, 4) is 22.4 Å². The molecule has 1 saturated heterocycles. The Balaban J connectivity index is 1.54. The van der Waals surface area contributed by atoms with Gasteiger partial charge in [-0.3, -0.25) is 14.2 Å². The van der Waals surface area contributed by atoms with Crippen molar-refractivity contribution in [1.29, 1.82) is 0 Å². The van der Waals surface area contributed by atoms with E-state index < -0.39 is 0 Å². The predicted molar refractivity (Wildman–Crippen MR) is 140 cm³/mol. The highest BCUT2D eigenvalue weighted by atomic mass is 16.1. The van der Waals surface area contributed by atoms with Crippen LogP contribution in [0, 0.1) is 0 Å². The van der Waals surface area contributed by atoms with Gasteiger partial charge in [0, 0.05) is 49.3 Å². The number of aryl methyl sites for hydroxylation is 2. The summed E-state index contributed by atoms with van der Waals surface area (Å²) in [6.07, 6.45) is 6.50. The first-order valence-electron chi connectivity index (χ1n) is 12.4. The highest BCUT2D eigenvalue weighted by Gasteiger charge is 2.25. The standard InChI is InChI=1S/C27H31N7O/c1-16-10-25(35)31-23-13-19(17-6-8-28-9-7-17)12-21(27(23)30-16)18-4-5-24-22(11-18)26(32-34(24)3)20-14-29-33(2)15-20/h4-5,11-17,28,30H,6-10H2,1-3H3,(H,31,35)/t16-/m1/s1. The van der Waals surface area contributed by atoms with Crippen LogP contribution in [-0.4, -0.2) is 44.6 Å². The Labute approximate surface area is 204 Å². The monoisotopic (exact) mass is 469 g/mol. The fraction of sp³-hybridized carbons (Fsp3) is 0.370. The highest BCUT2D eigenvalue weighted by Crippen LogP contribution is 2.42. The van der Waals surface area contributed by atoms with E-state index in [4.69, 9.17) is 5.10 Å². The van der Waals surface area contributed by atoms with Crippen molar-refractivity contribution in [3.05, 3.63) is 48.3 Å². The van der Waals surface area contributed by atoms with Gasteiger partial charge in [-0.15, -0.1) is 0 Å². The van der Waals surface area contributed by atoms with Crippen LogP contribution in [0.5, 0.6) is 0 Å². The average molecular weight is 470 g/mol. The van der Waals surface area contributed by atoms with E-state index in [1.54, 1.807) is 4.68 Å². The van der Waals surface area contributed by atoms with E-state index in [1.165, 1.54) is 5.56 Å². The molecule has 2 aliphatic rings. The van der Waals surface area contributed by atoms with Crippen LogP contribution < -0.4 is 16.0 Å². The topological polar surface area (TPSA) is 88.8 Å². The number of nitrogens with one attached hydrogen (secondary N) is 3. The Hall–Kier alpha value is -3.65. The molecule has 2 aromatic heterocycles. The molecule has 1 atom stereocenters. The minimum Gasteiger partial charge on any atom is -0.380 e. The fourth-order valence-corrected chi connectivity index (χ4v) is 5.50. The molecule has 8 nitrogen and oxygen atoms in total. The largest absolute Gasteiger partial charge is 0.380 e. The summed E-state index contributed by atoms with van der Waals surface area (Å²) in [5.41, 5.74) is 8.38. The Morgan fingerprint density at radius 1 is 1.06 bits per heavy atom. The first-order valence-corrected chi connectivity index (χ1v) is 12.4. The quantitative estimate of drug-likeness (QED) is 0.417. The van der Waals surface area contributed by atoms with Gasteiger partial charge in [-0.1, -0.05) is 6.07 Å². The van der Waals surface area contributed by atoms with Crippen molar-refractivity contribution in [2.45, 2.75) is 38.1 Å². The fourth-order valence-electron chi connectivity index (χ4n) is 5.50. The Kier molecular flexibility index (Phi) is 5.33. The minimum atomic E-state index is 0.0489. The number of anilines is 2. The van der Waals surface area contributed by atoms with Crippen LogP contribution >= 0.6 is 0 Å². The maximum absolute atomic E-state index is 12.6. The van der Waals surface area contributed by atoms with E-state index >= 15 is 0 Å². The van der Waals surface area contributed by atoms with E-state index in [-0.39, 0.29) is 11.9 Å². The molecule has 1 fully saturated rings. The first-order chi connectivity index (χ1) is 17.0. The summed E-state index contributed by atoms with van der Waals surface area (Å²) in [6, 6.07) is 11.1. The van der Waals surface area contributed by atoms with Gasteiger partial charge in [0.15, 0.2) is 0 Å². The molecule has 0 radical (unpaired) electrons. The number of carbonyl (C=O) groups is 1. The lowest BCUT2D eigenvalue weighted by Gasteiger charge is -2.26. The lowest BCUT2D eigenvalue weighted by atomic mass is 9.87. The van der Waals surface area contributed by atoms with Gasteiger partial charge in [-0.25, -0.2) is 0 Å². The lowest BCUT2D eigenvalue weighted by molar-refractivity contribution is -0.116. The van der Waals surface area contributed by atoms with Gasteiger partial charge in [0.2, 0.25) is 5.91 Å². The second kappa shape index (κ2) is 8.53. The summed E-state index contributed by atoms with van der Waals surface area (Å²) in [7, 11) is 3.90. The normalized spacial score (nSPS) is 18.7. The molecule has 6 rings (SSSR count). The molecule has 0 aliphatic carbocycles. The first kappa shape index (κ1) is 21.9. The van der Waals surface area contributed by atoms with Crippen LogP contribution in [-0.2, 0) is 18.9 Å². The molecule has 4 heterocycles. The summed E-state index contributed by atoms with van der Waals surface area (Å²) >= 11 is 0. The molecular weight excluding hydrogens is 438 g/mol. The summed E-state index contributed by atoms with van der Waals surface area (Å²) in [6.45, 7) is 4.10. The molecule has 0 bridgehead atoms. The van der Waals surface area contributed by atoms with E-state index in [0.717, 1.165) is 70.6 Å². The molecule has 1 amide bonds. The number of amides is 1. The molecule has 4 aromatic rings. The molecule has 180 valence electrons. The zero-order valence-electron chi connectivity index (χ0n) is 20.4. The smallest absolute Gasteiger partial charge is 0.226 e. The van der Waals surface area contributed by atoms with Crippen molar-refractivity contribution >= 4 is 28.2 Å². The van der Waals surface area contributed by atoms with Crippen molar-refractivity contribution in [3.63, 3.8) is 0 Å². The Morgan fingerprint density at radius 3 is 2.66 bits per heavy atom. The molecule has 0 unspecified atom stereocenters. The zero-order chi connectivity index (χ0) is 24.1. The minimum absolute atomic E-state index is 0.0489. The summed E-state index contributed by atoms with van der Waals surface area (Å²) in [4.78, 5) is 12.6. The molecular formula is C27H31N7O. The van der Waals surface area contributed by atoms with Crippen LogP contribution in [0.15, 0.2) is 42.7 Å². The van der Waals surface area contributed by atoms with Crippen molar-refractivity contribution in [1.82, 2.24) is 24.9 Å². The second-order valence-corrected chi connectivity index (χ2v) is 9.92. The molecule has 0 spiro atoms. The SMILES string of the molecule is C[C@@H]1CC(=O)Nc2cc(C3CCNCC3)cc(-c3ccc4c(c3)c(-c3cnn(C)c3)nn4C)c2N1. The molecule has 2 aromatic carbocycles. The average Bonchev–Trinajstić information content (AvgIpc) is 3.38. The second-order valence-electron chi connectivity index (χ2n) is 9.92. The van der Waals surface area contributed by atoms with Gasteiger partial charge >= 0.3 is 0 Å². The van der Waals surface area contributed by atoms with E-state index in [1.807, 2.05) is 31.2 Å². The third-order valence-corrected chi connectivity index (χ3v) is 7.27. The Bertz CT molecular complexity index is 1430. The van der Waals surface area contributed by atoms with Gasteiger partial charge in [0.1, 0.15) is 5.69 Å². The number of carbonyl (C=O) groups excluding carboxylic acids is 1. The zero-order valence-corrected chi connectivity index (χ0v) is 20.4. The van der Waals surface area contributed by atoms with Crippen molar-refractivity contribution in [2.24, 2.45) is 14.1 Å². The van der Waals surface area contributed by atoms with E-state index in [9.17, 15) is 4.79 Å². The molecule has 3 N–H and O–H groups in total. The van der Waals surface area contributed by atoms with Crippen LogP contribution in [0.4, 0.5) is 11.4 Å². The number of piperidine rings is 1. The summed E-state index contributed by atoms with van der Waals surface area (Å²) in [5, 5.41) is 20.5. The highest BCUT2D eigenvalue weighted by molar-refractivity contribution is 6.02. The molecule has 8 heteroatoms. The van der Waals surface area contributed by atoms with E-state index in [0.29, 0.717) is 12.3 Å². The number of hydrogen-bond donors (Lipinski definition) is 3.